The van der Waals surface area contributed by atoms with Gasteiger partial charge in [0.2, 0.25) is 0 Å². The molecule has 0 bridgehead atoms. The molecule has 0 spiro atoms. The minimum atomic E-state index is -0.485. The molecule has 7 nitrogen and oxygen atoms in total. The second kappa shape index (κ2) is 4.08. The van der Waals surface area contributed by atoms with Crippen LogP contribution in [-0.4, -0.2) is 26.6 Å². The second-order valence-corrected chi connectivity index (χ2v) is 4.21. The molecular weight excluding hydrogens is 224 g/mol. The molecule has 0 aliphatic heterocycles. The number of fused-ring (bicyclic) bond motifs is 1. The minimum absolute atomic E-state index is 0.216. The molecule has 0 amide bonds. The summed E-state index contributed by atoms with van der Waals surface area (Å²) in [6.07, 6.45) is 0. The van der Waals surface area contributed by atoms with E-state index in [4.69, 9.17) is 4.74 Å². The summed E-state index contributed by atoms with van der Waals surface area (Å²) in [5.74, 6) is 0.268. The van der Waals surface area contributed by atoms with Gasteiger partial charge in [-0.05, 0) is 5.92 Å². The van der Waals surface area contributed by atoms with Gasteiger partial charge in [-0.25, -0.2) is 4.79 Å². The molecule has 2 heterocycles. The lowest BCUT2D eigenvalue weighted by atomic mass is 10.2. The van der Waals surface area contributed by atoms with Crippen LogP contribution < -0.4 is 16.0 Å². The van der Waals surface area contributed by atoms with Crippen molar-refractivity contribution < 1.29 is 4.74 Å². The van der Waals surface area contributed by atoms with Crippen LogP contribution in [0.25, 0.3) is 11.2 Å². The van der Waals surface area contributed by atoms with Crippen LogP contribution in [0.15, 0.2) is 9.59 Å². The molecule has 0 unspecified atom stereocenters. The van der Waals surface area contributed by atoms with E-state index in [1.165, 1.54) is 11.7 Å². The van der Waals surface area contributed by atoms with Crippen molar-refractivity contribution in [1.82, 2.24) is 19.5 Å². The summed E-state index contributed by atoms with van der Waals surface area (Å²) in [7, 11) is 1.44. The summed E-state index contributed by atoms with van der Waals surface area (Å²) in [5.41, 5.74) is -0.363. The van der Waals surface area contributed by atoms with Crippen molar-refractivity contribution in [2.75, 3.05) is 7.11 Å². The number of aromatic amines is 2. The summed E-state index contributed by atoms with van der Waals surface area (Å²) < 4.78 is 6.35. The lowest BCUT2D eigenvalue weighted by molar-refractivity contribution is 0.385. The fourth-order valence-electron chi connectivity index (χ4n) is 1.65. The lowest BCUT2D eigenvalue weighted by Gasteiger charge is -2.07. The fraction of sp³-hybridized carbons (Fsp3) is 0.500. The number of aromatic nitrogens is 4. The Morgan fingerprint density at radius 3 is 2.65 bits per heavy atom. The third-order valence-electron chi connectivity index (χ3n) is 2.35. The molecule has 0 aromatic carbocycles. The van der Waals surface area contributed by atoms with Gasteiger partial charge in [0.1, 0.15) is 0 Å². The van der Waals surface area contributed by atoms with Crippen LogP contribution in [0.4, 0.5) is 0 Å². The van der Waals surface area contributed by atoms with Crippen molar-refractivity contribution >= 4 is 11.2 Å². The van der Waals surface area contributed by atoms with Gasteiger partial charge in [-0.1, -0.05) is 13.8 Å². The molecule has 0 aliphatic carbocycles. The first-order valence-corrected chi connectivity index (χ1v) is 5.29. The van der Waals surface area contributed by atoms with Crippen molar-refractivity contribution in [2.45, 2.75) is 20.4 Å². The van der Waals surface area contributed by atoms with Crippen molar-refractivity contribution in [2.24, 2.45) is 5.92 Å². The van der Waals surface area contributed by atoms with Crippen molar-refractivity contribution in [3.05, 3.63) is 20.8 Å². The number of rotatable bonds is 3. The highest BCUT2D eigenvalue weighted by Gasteiger charge is 2.13. The van der Waals surface area contributed by atoms with Crippen LogP contribution in [0.2, 0.25) is 0 Å². The summed E-state index contributed by atoms with van der Waals surface area (Å²) in [5, 5.41) is 0. The molecule has 2 N–H and O–H groups in total. The first kappa shape index (κ1) is 11.4. The van der Waals surface area contributed by atoms with Gasteiger partial charge in [-0.2, -0.15) is 4.98 Å². The maximum Gasteiger partial charge on any atom is 0.330 e. The quantitative estimate of drug-likeness (QED) is 0.791. The standard InChI is InChI=1S/C10H14N4O3/c1-5(2)4-14-7-6(8(15)13-10(14)16)11-9(12-7)17-3/h5H,4H2,1-3H3,(H,11,12)(H,13,15,16). The number of H-pyrrole nitrogens is 2. The molecule has 2 aromatic heterocycles. The van der Waals surface area contributed by atoms with E-state index in [1.807, 2.05) is 13.8 Å². The molecule has 0 saturated heterocycles. The molecule has 0 radical (unpaired) electrons. The smallest absolute Gasteiger partial charge is 0.330 e. The van der Waals surface area contributed by atoms with Crippen LogP contribution in [0, 0.1) is 5.92 Å². The van der Waals surface area contributed by atoms with Crippen LogP contribution in [0.3, 0.4) is 0 Å². The number of ether oxygens (including phenoxy) is 1. The van der Waals surface area contributed by atoms with Gasteiger partial charge in [-0.15, -0.1) is 0 Å². The third kappa shape index (κ3) is 1.95. The molecule has 2 aromatic rings. The zero-order valence-corrected chi connectivity index (χ0v) is 9.90. The van der Waals surface area contributed by atoms with Crippen LogP contribution in [0.5, 0.6) is 6.01 Å². The van der Waals surface area contributed by atoms with Crippen LogP contribution in [-0.2, 0) is 6.54 Å². The minimum Gasteiger partial charge on any atom is -0.468 e. The Hall–Kier alpha value is -2.05. The SMILES string of the molecule is COc1nc2c([nH]1)c(=O)[nH]c(=O)n2CC(C)C. The Morgan fingerprint density at radius 1 is 1.35 bits per heavy atom. The highest BCUT2D eigenvalue weighted by Crippen LogP contribution is 2.11. The average Bonchev–Trinajstić information content (AvgIpc) is 2.68. The van der Waals surface area contributed by atoms with E-state index < -0.39 is 11.2 Å². The molecule has 0 saturated carbocycles. The first-order chi connectivity index (χ1) is 8.02. The molecule has 0 atom stereocenters. The number of hydrogen-bond acceptors (Lipinski definition) is 4. The molecule has 7 heteroatoms. The zero-order valence-electron chi connectivity index (χ0n) is 9.90. The van der Waals surface area contributed by atoms with Gasteiger partial charge < -0.3 is 9.72 Å². The van der Waals surface area contributed by atoms with Gasteiger partial charge in [0.05, 0.1) is 7.11 Å². The molecule has 2 rings (SSSR count). The summed E-state index contributed by atoms with van der Waals surface area (Å²) in [6, 6.07) is 0.216. The maximum absolute atomic E-state index is 11.7. The zero-order chi connectivity index (χ0) is 12.6. The highest BCUT2D eigenvalue weighted by molar-refractivity contribution is 5.70. The van der Waals surface area contributed by atoms with Crippen molar-refractivity contribution in [3.63, 3.8) is 0 Å². The Labute approximate surface area is 96.5 Å². The number of methoxy groups -OCH3 is 1. The predicted molar refractivity (Wildman–Crippen MR) is 62.4 cm³/mol. The molecule has 92 valence electrons. The number of hydrogen-bond donors (Lipinski definition) is 2. The highest BCUT2D eigenvalue weighted by atomic mass is 16.5. The van der Waals surface area contributed by atoms with Gasteiger partial charge in [0.25, 0.3) is 11.6 Å². The maximum atomic E-state index is 11.7. The van der Waals surface area contributed by atoms with Gasteiger partial charge >= 0.3 is 5.69 Å². The summed E-state index contributed by atoms with van der Waals surface area (Å²) in [4.78, 5) is 32.3. The summed E-state index contributed by atoms with van der Waals surface area (Å²) >= 11 is 0. The van der Waals surface area contributed by atoms with E-state index in [1.54, 1.807) is 0 Å². The van der Waals surface area contributed by atoms with E-state index in [0.717, 1.165) is 0 Å². The van der Waals surface area contributed by atoms with E-state index in [2.05, 4.69) is 15.0 Å². The first-order valence-electron chi connectivity index (χ1n) is 5.29. The normalized spacial score (nSPS) is 11.3. The van der Waals surface area contributed by atoms with Crippen molar-refractivity contribution in [1.29, 1.82) is 0 Å². The largest absolute Gasteiger partial charge is 0.468 e. The molecule has 0 aliphatic rings. The molecular formula is C10H14N4O3. The second-order valence-electron chi connectivity index (χ2n) is 4.21. The van der Waals surface area contributed by atoms with E-state index in [0.29, 0.717) is 12.2 Å². The van der Waals surface area contributed by atoms with Gasteiger partial charge in [-0.3, -0.25) is 14.3 Å². The van der Waals surface area contributed by atoms with Gasteiger partial charge in [0.15, 0.2) is 11.2 Å². The molecule has 0 fully saturated rings. The number of nitrogens with one attached hydrogen (secondary N) is 2. The Balaban J connectivity index is 2.77. The Morgan fingerprint density at radius 2 is 2.06 bits per heavy atom. The Kier molecular flexibility index (Phi) is 2.74. The summed E-state index contributed by atoms with van der Waals surface area (Å²) in [6.45, 7) is 4.45. The predicted octanol–water partition coefficient (Wildman–Crippen LogP) is 0.0775. The third-order valence-corrected chi connectivity index (χ3v) is 2.35. The van der Waals surface area contributed by atoms with Crippen molar-refractivity contribution in [3.8, 4) is 6.01 Å². The molecule has 17 heavy (non-hydrogen) atoms. The number of nitrogens with zero attached hydrogens (tertiary/aromatic N) is 2. The average molecular weight is 238 g/mol. The number of imidazole rings is 1. The lowest BCUT2D eigenvalue weighted by Crippen LogP contribution is -2.31. The van der Waals surface area contributed by atoms with Crippen LogP contribution >= 0.6 is 0 Å². The topological polar surface area (TPSA) is 92.8 Å². The monoisotopic (exact) mass is 238 g/mol. The van der Waals surface area contributed by atoms with E-state index in [-0.39, 0.29) is 17.4 Å². The van der Waals surface area contributed by atoms with Gasteiger partial charge in [0, 0.05) is 6.54 Å². The van der Waals surface area contributed by atoms with E-state index in [9.17, 15) is 9.59 Å². The Bertz CT molecular complexity index is 650. The van der Waals surface area contributed by atoms with E-state index >= 15 is 0 Å². The fourth-order valence-corrected chi connectivity index (χ4v) is 1.65. The van der Waals surface area contributed by atoms with Crippen LogP contribution in [0.1, 0.15) is 13.8 Å².